The summed E-state index contributed by atoms with van der Waals surface area (Å²) in [7, 11) is 1.47. The van der Waals surface area contributed by atoms with E-state index >= 15 is 0 Å². The average molecular weight is 546 g/mol. The van der Waals surface area contributed by atoms with Gasteiger partial charge in [0.25, 0.3) is 0 Å². The fourth-order valence-electron chi connectivity index (χ4n) is 3.85. The van der Waals surface area contributed by atoms with E-state index in [0.717, 1.165) is 6.92 Å². The Hall–Kier alpha value is -4.87. The molecule has 1 atom stereocenters. The van der Waals surface area contributed by atoms with Gasteiger partial charge in [0.05, 0.1) is 7.11 Å². The molecule has 0 amide bonds. The smallest absolute Gasteiger partial charge is 0.352 e. The van der Waals surface area contributed by atoms with Crippen molar-refractivity contribution in [2.45, 2.75) is 13.0 Å². The lowest BCUT2D eigenvalue weighted by Gasteiger charge is -2.16. The predicted octanol–water partition coefficient (Wildman–Crippen LogP) is 6.28. The molecule has 39 heavy (non-hydrogen) atoms. The number of fused-ring (bicyclic) bond motifs is 2. The zero-order chi connectivity index (χ0) is 28.0. The van der Waals surface area contributed by atoms with E-state index in [2.05, 4.69) is 0 Å². The molecular weight excluding hydrogens is 531 g/mol. The molecule has 7 nitrogen and oxygen atoms in total. The molecule has 1 unspecified atom stereocenters. The first-order valence-corrected chi connectivity index (χ1v) is 11.1. The van der Waals surface area contributed by atoms with E-state index in [0.29, 0.717) is 27.7 Å². The van der Waals surface area contributed by atoms with Gasteiger partial charge in [-0.2, -0.15) is 8.78 Å². The Bertz CT molecular complexity index is 1800. The normalized spacial score (nSPS) is 12.1. The van der Waals surface area contributed by atoms with Crippen molar-refractivity contribution in [3.05, 3.63) is 88.0 Å². The van der Waals surface area contributed by atoms with Gasteiger partial charge in [-0.3, -0.25) is 0 Å². The number of hydrogen-bond donors (Lipinski definition) is 0. The molecule has 0 aliphatic heterocycles. The van der Waals surface area contributed by atoms with Gasteiger partial charge >= 0.3 is 11.6 Å². The number of esters is 1. The lowest BCUT2D eigenvalue weighted by atomic mass is 10.1. The summed E-state index contributed by atoms with van der Waals surface area (Å²) >= 11 is 0. The number of carbonyl (C=O) groups excluding carboxylic acids is 1. The Morgan fingerprint density at radius 1 is 0.872 bits per heavy atom. The summed E-state index contributed by atoms with van der Waals surface area (Å²) in [6.45, 7) is 0.994. The number of benzene rings is 3. The van der Waals surface area contributed by atoms with Crippen molar-refractivity contribution in [1.29, 1.82) is 0 Å². The van der Waals surface area contributed by atoms with Crippen LogP contribution in [0.4, 0.5) is 22.0 Å². The molecular formula is C27H15F5O7. The largest absolute Gasteiger partial charge is 0.493 e. The third-order valence-electron chi connectivity index (χ3n) is 5.72. The Morgan fingerprint density at radius 2 is 1.56 bits per heavy atom. The molecule has 2 aromatic heterocycles. The number of methoxy groups -OCH3 is 1. The molecule has 0 aliphatic rings. The van der Waals surface area contributed by atoms with Crippen molar-refractivity contribution in [3.8, 4) is 28.6 Å². The molecule has 200 valence electrons. The summed E-state index contributed by atoms with van der Waals surface area (Å²) in [6, 6.07) is 12.0. The highest BCUT2D eigenvalue weighted by atomic mass is 19.2. The Balaban J connectivity index is 1.47. The standard InChI is InChI=1S/C27H15F5O7/c1-11(36-26-23(31)21(29)20(28)22(30)24(26)32)27(34)37-13-6-7-16-14(9-13)15(10-19(33)38-16)18-8-12-4-3-5-17(35-2)25(12)39-18/h3-11H,1-2H3. The number of ether oxygens (including phenoxy) is 3. The number of halogens is 5. The summed E-state index contributed by atoms with van der Waals surface area (Å²) in [4.78, 5) is 24.7. The summed E-state index contributed by atoms with van der Waals surface area (Å²) in [5, 5.41) is 0.985. The lowest BCUT2D eigenvalue weighted by Crippen LogP contribution is -2.29. The molecule has 12 heteroatoms. The first-order valence-electron chi connectivity index (χ1n) is 11.1. The van der Waals surface area contributed by atoms with Crippen molar-refractivity contribution >= 4 is 27.9 Å². The second-order valence-corrected chi connectivity index (χ2v) is 8.21. The Morgan fingerprint density at radius 3 is 2.26 bits per heavy atom. The van der Waals surface area contributed by atoms with E-state index in [-0.39, 0.29) is 17.1 Å². The van der Waals surface area contributed by atoms with E-state index in [4.69, 9.17) is 23.0 Å². The molecule has 0 saturated heterocycles. The minimum Gasteiger partial charge on any atom is -0.493 e. The monoisotopic (exact) mass is 546 g/mol. The van der Waals surface area contributed by atoms with Crippen LogP contribution in [0.15, 0.2) is 62.2 Å². The van der Waals surface area contributed by atoms with Crippen molar-refractivity contribution in [2.24, 2.45) is 0 Å². The van der Waals surface area contributed by atoms with E-state index in [1.165, 1.54) is 31.4 Å². The van der Waals surface area contributed by atoms with E-state index in [1.54, 1.807) is 24.3 Å². The molecule has 0 fully saturated rings. The van der Waals surface area contributed by atoms with Crippen molar-refractivity contribution < 1.29 is 49.8 Å². The number of para-hydroxylation sites is 1. The number of carbonyl (C=O) groups is 1. The SMILES string of the molecule is COc1cccc2cc(-c3cc(=O)oc4ccc(OC(=O)C(C)Oc5c(F)c(F)c(F)c(F)c5F)cc34)oc12. The quantitative estimate of drug-likeness (QED) is 0.0618. The van der Waals surface area contributed by atoms with Crippen LogP contribution in [0, 0.1) is 29.1 Å². The second kappa shape index (κ2) is 9.78. The maximum Gasteiger partial charge on any atom is 0.352 e. The minimum absolute atomic E-state index is 0.107. The predicted molar refractivity (Wildman–Crippen MR) is 126 cm³/mol. The molecule has 2 heterocycles. The van der Waals surface area contributed by atoms with Crippen LogP contribution >= 0.6 is 0 Å². The minimum atomic E-state index is -2.37. The zero-order valence-electron chi connectivity index (χ0n) is 19.9. The van der Waals surface area contributed by atoms with Crippen molar-refractivity contribution in [2.75, 3.05) is 7.11 Å². The third-order valence-corrected chi connectivity index (χ3v) is 5.72. The van der Waals surface area contributed by atoms with Gasteiger partial charge in [-0.15, -0.1) is 0 Å². The second-order valence-electron chi connectivity index (χ2n) is 8.21. The first kappa shape index (κ1) is 25.8. The molecule has 0 bridgehead atoms. The van der Waals surface area contributed by atoms with Crippen LogP contribution in [0.5, 0.6) is 17.2 Å². The maximum absolute atomic E-state index is 13.9. The summed E-state index contributed by atoms with van der Waals surface area (Å²) < 4.78 is 94.4. The van der Waals surface area contributed by atoms with Gasteiger partial charge < -0.3 is 23.0 Å². The third kappa shape index (κ3) is 4.54. The van der Waals surface area contributed by atoms with Crippen LogP contribution in [0.2, 0.25) is 0 Å². The highest BCUT2D eigenvalue weighted by molar-refractivity contribution is 5.96. The number of hydrogen-bond acceptors (Lipinski definition) is 7. The van der Waals surface area contributed by atoms with Crippen LogP contribution in [0.1, 0.15) is 6.92 Å². The van der Waals surface area contributed by atoms with Gasteiger partial charge in [-0.05, 0) is 37.3 Å². The lowest BCUT2D eigenvalue weighted by molar-refractivity contribution is -0.141. The van der Waals surface area contributed by atoms with Crippen LogP contribution in [0.3, 0.4) is 0 Å². The topological polar surface area (TPSA) is 88.1 Å². The number of rotatable bonds is 6. The molecule has 0 aliphatic carbocycles. The van der Waals surface area contributed by atoms with Gasteiger partial charge in [0, 0.05) is 22.4 Å². The molecule has 0 radical (unpaired) electrons. The Labute approximate surface area is 214 Å². The summed E-state index contributed by atoms with van der Waals surface area (Å²) in [5.74, 6) is -13.5. The fraction of sp³-hybridized carbons (Fsp3) is 0.111. The molecule has 0 N–H and O–H groups in total. The first-order chi connectivity index (χ1) is 18.6. The van der Waals surface area contributed by atoms with Gasteiger partial charge in [0.15, 0.2) is 23.2 Å². The van der Waals surface area contributed by atoms with Crippen LogP contribution in [-0.4, -0.2) is 19.2 Å². The average Bonchev–Trinajstić information content (AvgIpc) is 3.37. The molecule has 0 spiro atoms. The highest BCUT2D eigenvalue weighted by Gasteiger charge is 2.30. The van der Waals surface area contributed by atoms with Gasteiger partial charge in [0.1, 0.15) is 17.1 Å². The van der Waals surface area contributed by atoms with Gasteiger partial charge in [-0.1, -0.05) is 12.1 Å². The number of furan rings is 1. The molecule has 5 aromatic rings. The molecule has 3 aromatic carbocycles. The highest BCUT2D eigenvalue weighted by Crippen LogP contribution is 2.37. The maximum atomic E-state index is 13.9. The van der Waals surface area contributed by atoms with Crippen LogP contribution < -0.4 is 19.8 Å². The van der Waals surface area contributed by atoms with E-state index in [9.17, 15) is 31.5 Å². The molecule has 0 saturated carbocycles. The van der Waals surface area contributed by atoms with Crippen LogP contribution in [-0.2, 0) is 4.79 Å². The molecule has 5 rings (SSSR count). The van der Waals surface area contributed by atoms with Crippen molar-refractivity contribution in [1.82, 2.24) is 0 Å². The van der Waals surface area contributed by atoms with Gasteiger partial charge in [0.2, 0.25) is 29.1 Å². The van der Waals surface area contributed by atoms with Crippen molar-refractivity contribution in [3.63, 3.8) is 0 Å². The van der Waals surface area contributed by atoms with Crippen LogP contribution in [0.25, 0.3) is 33.3 Å². The zero-order valence-corrected chi connectivity index (χ0v) is 19.9. The summed E-state index contributed by atoms with van der Waals surface area (Å²) in [6.07, 6.45) is -1.79. The Kier molecular flexibility index (Phi) is 6.46. The summed E-state index contributed by atoms with van der Waals surface area (Å²) in [5.41, 5.74) is 0.163. The van der Waals surface area contributed by atoms with E-state index in [1.807, 2.05) is 0 Å². The van der Waals surface area contributed by atoms with Gasteiger partial charge in [-0.25, -0.2) is 22.8 Å². The fourth-order valence-corrected chi connectivity index (χ4v) is 3.85. The van der Waals surface area contributed by atoms with E-state index < -0.39 is 52.5 Å².